The molecular weight excluding hydrogens is 452 g/mol. The molecule has 1 N–H and O–H groups in total. The average Bonchev–Trinajstić information content (AvgIpc) is 3.34. The van der Waals surface area contributed by atoms with E-state index >= 15 is 0 Å². The second-order valence-corrected chi connectivity index (χ2v) is 9.17. The van der Waals surface area contributed by atoms with Crippen LogP contribution < -0.4 is 9.46 Å². The summed E-state index contributed by atoms with van der Waals surface area (Å²) in [5.74, 6) is 1.17. The number of hydrogen-bond acceptors (Lipinski definition) is 5. The SMILES string of the molecule is Cc1ccc(SNc2ccc(Oc3nccn4cc(-c5ccc6ccccc6c5)nc34)cc2)cc1. The zero-order chi connectivity index (χ0) is 23.6. The molecule has 0 bridgehead atoms. The summed E-state index contributed by atoms with van der Waals surface area (Å²) in [6.07, 6.45) is 5.61. The smallest absolute Gasteiger partial charge is 0.263 e. The molecule has 0 atom stereocenters. The van der Waals surface area contributed by atoms with Crippen molar-refractivity contribution in [2.45, 2.75) is 11.8 Å². The van der Waals surface area contributed by atoms with E-state index in [1.54, 1.807) is 18.1 Å². The molecule has 6 rings (SSSR count). The molecule has 0 radical (unpaired) electrons. The van der Waals surface area contributed by atoms with Crippen LogP contribution in [0.25, 0.3) is 27.7 Å². The number of imidazole rings is 1. The maximum Gasteiger partial charge on any atom is 0.263 e. The largest absolute Gasteiger partial charge is 0.436 e. The van der Waals surface area contributed by atoms with Crippen LogP contribution in [-0.4, -0.2) is 14.4 Å². The summed E-state index contributed by atoms with van der Waals surface area (Å²) >= 11 is 1.58. The molecule has 5 nitrogen and oxygen atoms in total. The van der Waals surface area contributed by atoms with E-state index in [1.807, 2.05) is 53.2 Å². The normalized spacial score (nSPS) is 11.1. The summed E-state index contributed by atoms with van der Waals surface area (Å²) < 4.78 is 11.4. The van der Waals surface area contributed by atoms with Crippen molar-refractivity contribution < 1.29 is 4.74 Å². The van der Waals surface area contributed by atoms with E-state index in [0.717, 1.165) is 21.8 Å². The molecule has 35 heavy (non-hydrogen) atoms. The molecular formula is C29H22N4OS. The van der Waals surface area contributed by atoms with Gasteiger partial charge in [0.2, 0.25) is 5.65 Å². The monoisotopic (exact) mass is 474 g/mol. The van der Waals surface area contributed by atoms with Crippen LogP contribution in [0.1, 0.15) is 5.56 Å². The van der Waals surface area contributed by atoms with Crippen LogP contribution in [0.4, 0.5) is 5.69 Å². The van der Waals surface area contributed by atoms with Gasteiger partial charge in [0.25, 0.3) is 5.88 Å². The predicted molar refractivity (Wildman–Crippen MR) is 143 cm³/mol. The minimum Gasteiger partial charge on any atom is -0.436 e. The number of benzene rings is 4. The van der Waals surface area contributed by atoms with Gasteiger partial charge < -0.3 is 13.9 Å². The Morgan fingerprint density at radius 1 is 0.857 bits per heavy atom. The van der Waals surface area contributed by atoms with E-state index in [1.165, 1.54) is 16.3 Å². The highest BCUT2D eigenvalue weighted by Crippen LogP contribution is 2.29. The molecule has 4 aromatic carbocycles. The van der Waals surface area contributed by atoms with Crippen LogP contribution in [0.15, 0.2) is 114 Å². The van der Waals surface area contributed by atoms with Gasteiger partial charge in [0.1, 0.15) is 5.75 Å². The van der Waals surface area contributed by atoms with Crippen molar-refractivity contribution in [2.75, 3.05) is 4.72 Å². The lowest BCUT2D eigenvalue weighted by molar-refractivity contribution is 0.465. The summed E-state index contributed by atoms with van der Waals surface area (Å²) in [4.78, 5) is 10.4. The first kappa shape index (κ1) is 21.3. The van der Waals surface area contributed by atoms with Gasteiger partial charge in [-0.1, -0.05) is 54.1 Å². The molecule has 2 heterocycles. The molecule has 6 heteroatoms. The topological polar surface area (TPSA) is 51.5 Å². The third-order valence-electron chi connectivity index (χ3n) is 5.76. The van der Waals surface area contributed by atoms with Crippen LogP contribution in [0, 0.1) is 6.92 Å². The predicted octanol–water partition coefficient (Wildman–Crippen LogP) is 7.77. The number of nitrogens with one attached hydrogen (secondary N) is 1. The molecule has 0 saturated carbocycles. The van der Waals surface area contributed by atoms with E-state index < -0.39 is 0 Å². The minimum absolute atomic E-state index is 0.467. The van der Waals surface area contributed by atoms with Crippen molar-refractivity contribution in [1.29, 1.82) is 0 Å². The van der Waals surface area contributed by atoms with E-state index in [4.69, 9.17) is 9.72 Å². The van der Waals surface area contributed by atoms with Gasteiger partial charge in [0.15, 0.2) is 0 Å². The Morgan fingerprint density at radius 3 is 2.49 bits per heavy atom. The van der Waals surface area contributed by atoms with Crippen LogP contribution >= 0.6 is 11.9 Å². The average molecular weight is 475 g/mol. The molecule has 0 aliphatic heterocycles. The van der Waals surface area contributed by atoms with Crippen LogP contribution in [0.5, 0.6) is 11.6 Å². The number of fused-ring (bicyclic) bond motifs is 2. The summed E-state index contributed by atoms with van der Waals surface area (Å²) in [5, 5.41) is 2.40. The van der Waals surface area contributed by atoms with E-state index in [9.17, 15) is 0 Å². The quantitative estimate of drug-likeness (QED) is 0.250. The van der Waals surface area contributed by atoms with Gasteiger partial charge in [-0.05, 0) is 72.1 Å². The Bertz CT molecular complexity index is 1630. The fourth-order valence-electron chi connectivity index (χ4n) is 3.88. The molecule has 0 amide bonds. The first-order valence-corrected chi connectivity index (χ1v) is 12.1. The number of aromatic nitrogens is 3. The number of anilines is 1. The molecule has 6 aromatic rings. The standard InChI is InChI=1S/C29H22N4OS/c1-20-6-14-26(15-7-20)35-32-24-10-12-25(13-11-24)34-29-28-31-27(19-33(28)17-16-30-29)23-9-8-21-4-2-3-5-22(21)18-23/h2-19,32H,1H3. The number of rotatable bonds is 6. The maximum absolute atomic E-state index is 6.11. The molecule has 2 aromatic heterocycles. The second-order valence-electron chi connectivity index (χ2n) is 8.29. The summed E-state index contributed by atoms with van der Waals surface area (Å²) in [6.45, 7) is 2.09. The Kier molecular flexibility index (Phi) is 5.56. The highest BCUT2D eigenvalue weighted by atomic mass is 32.2. The number of ether oxygens (including phenoxy) is 1. The highest BCUT2D eigenvalue weighted by molar-refractivity contribution is 8.00. The summed E-state index contributed by atoms with van der Waals surface area (Å²) in [7, 11) is 0. The van der Waals surface area contributed by atoms with E-state index in [2.05, 4.69) is 71.2 Å². The molecule has 0 spiro atoms. The number of aryl methyl sites for hydroxylation is 1. The Hall–Kier alpha value is -4.29. The lowest BCUT2D eigenvalue weighted by atomic mass is 10.1. The fourth-order valence-corrected chi connectivity index (χ4v) is 4.53. The van der Waals surface area contributed by atoms with Crippen molar-refractivity contribution in [3.63, 3.8) is 0 Å². The zero-order valence-corrected chi connectivity index (χ0v) is 19.9. The van der Waals surface area contributed by atoms with Gasteiger partial charge in [-0.2, -0.15) is 0 Å². The molecule has 0 aliphatic carbocycles. The van der Waals surface area contributed by atoms with Crippen molar-refractivity contribution >= 4 is 34.1 Å². The first-order chi connectivity index (χ1) is 17.2. The molecule has 170 valence electrons. The zero-order valence-electron chi connectivity index (χ0n) is 19.1. The van der Waals surface area contributed by atoms with Gasteiger partial charge in [0, 0.05) is 34.7 Å². The van der Waals surface area contributed by atoms with Crippen molar-refractivity contribution in [3.8, 4) is 22.9 Å². The first-order valence-electron chi connectivity index (χ1n) is 11.3. The Labute approximate surface area is 207 Å². The van der Waals surface area contributed by atoms with Crippen LogP contribution in [0.2, 0.25) is 0 Å². The van der Waals surface area contributed by atoms with E-state index in [0.29, 0.717) is 17.3 Å². The lowest BCUT2D eigenvalue weighted by Gasteiger charge is -2.08. The molecule has 0 saturated heterocycles. The van der Waals surface area contributed by atoms with Gasteiger partial charge in [-0.15, -0.1) is 0 Å². The Balaban J connectivity index is 1.21. The van der Waals surface area contributed by atoms with Crippen molar-refractivity contribution in [2.24, 2.45) is 0 Å². The van der Waals surface area contributed by atoms with Crippen molar-refractivity contribution in [3.05, 3.63) is 115 Å². The molecule has 0 fully saturated rings. The van der Waals surface area contributed by atoms with Crippen LogP contribution in [-0.2, 0) is 0 Å². The van der Waals surface area contributed by atoms with Gasteiger partial charge in [-0.25, -0.2) is 9.97 Å². The van der Waals surface area contributed by atoms with Crippen LogP contribution in [0.3, 0.4) is 0 Å². The van der Waals surface area contributed by atoms with E-state index in [-0.39, 0.29) is 0 Å². The van der Waals surface area contributed by atoms with Gasteiger partial charge in [-0.3, -0.25) is 0 Å². The Morgan fingerprint density at radius 2 is 1.66 bits per heavy atom. The van der Waals surface area contributed by atoms with Gasteiger partial charge in [0.05, 0.1) is 5.69 Å². The number of nitrogens with zero attached hydrogens (tertiary/aromatic N) is 3. The summed E-state index contributed by atoms with van der Waals surface area (Å²) in [5.41, 5.74) is 4.85. The third-order valence-corrected chi connectivity index (χ3v) is 6.61. The minimum atomic E-state index is 0.467. The number of hydrogen-bond donors (Lipinski definition) is 1. The highest BCUT2D eigenvalue weighted by Gasteiger charge is 2.12. The summed E-state index contributed by atoms with van der Waals surface area (Å²) in [6, 6.07) is 31.0. The molecule has 0 unspecified atom stereocenters. The lowest BCUT2D eigenvalue weighted by Crippen LogP contribution is -1.93. The molecule has 0 aliphatic rings. The second kappa shape index (κ2) is 9.16. The third kappa shape index (κ3) is 4.56. The fraction of sp³-hybridized carbons (Fsp3) is 0.0345. The van der Waals surface area contributed by atoms with Gasteiger partial charge >= 0.3 is 0 Å². The van der Waals surface area contributed by atoms with Crippen molar-refractivity contribution in [1.82, 2.24) is 14.4 Å². The maximum atomic E-state index is 6.11.